The van der Waals surface area contributed by atoms with Crippen molar-refractivity contribution in [3.8, 4) is 0 Å². The maximum absolute atomic E-state index is 4.48. The molecule has 2 aromatic heterocycles. The van der Waals surface area contributed by atoms with E-state index < -0.39 is 0 Å². The van der Waals surface area contributed by atoms with Crippen LogP contribution in [0.5, 0.6) is 0 Å². The zero-order valence-corrected chi connectivity index (χ0v) is 12.1. The smallest absolute Gasteiger partial charge is 0.132 e. The van der Waals surface area contributed by atoms with Gasteiger partial charge >= 0.3 is 0 Å². The molecule has 0 atom stereocenters. The summed E-state index contributed by atoms with van der Waals surface area (Å²) in [5, 5.41) is 3.19. The average molecular weight is 262 g/mol. The zero-order chi connectivity index (χ0) is 13.1. The molecule has 0 unspecified atom stereocenters. The van der Waals surface area contributed by atoms with Crippen molar-refractivity contribution in [2.45, 2.75) is 33.7 Å². The molecular weight excluding hydrogens is 244 g/mol. The molecule has 0 saturated carbocycles. The fourth-order valence-corrected chi connectivity index (χ4v) is 2.57. The van der Waals surface area contributed by atoms with Gasteiger partial charge in [-0.15, -0.1) is 11.3 Å². The second-order valence-corrected chi connectivity index (χ2v) is 5.30. The van der Waals surface area contributed by atoms with Gasteiger partial charge in [0, 0.05) is 29.9 Å². The maximum Gasteiger partial charge on any atom is 0.132 e. The first-order valence-corrected chi connectivity index (χ1v) is 6.93. The van der Waals surface area contributed by atoms with E-state index in [1.807, 2.05) is 27.0 Å². The maximum atomic E-state index is 4.48. The van der Waals surface area contributed by atoms with Crippen LogP contribution in [0.15, 0.2) is 11.4 Å². The number of anilines is 1. The SMILES string of the molecule is CCc1cc(N(C)Cc2nc(C)cs2)nc(C)n1. The summed E-state index contributed by atoms with van der Waals surface area (Å²) in [6, 6.07) is 2.05. The Morgan fingerprint density at radius 1 is 1.22 bits per heavy atom. The van der Waals surface area contributed by atoms with Crippen LogP contribution >= 0.6 is 11.3 Å². The van der Waals surface area contributed by atoms with E-state index in [1.165, 1.54) is 0 Å². The first kappa shape index (κ1) is 13.0. The molecule has 18 heavy (non-hydrogen) atoms. The van der Waals surface area contributed by atoms with Gasteiger partial charge in [-0.1, -0.05) is 6.92 Å². The quantitative estimate of drug-likeness (QED) is 0.849. The van der Waals surface area contributed by atoms with Gasteiger partial charge in [0.15, 0.2) is 0 Å². The summed E-state index contributed by atoms with van der Waals surface area (Å²) >= 11 is 1.69. The van der Waals surface area contributed by atoms with E-state index in [-0.39, 0.29) is 0 Å². The summed E-state index contributed by atoms with van der Waals surface area (Å²) in [6.45, 7) is 6.85. The molecule has 0 aromatic carbocycles. The topological polar surface area (TPSA) is 41.9 Å². The van der Waals surface area contributed by atoms with Gasteiger partial charge < -0.3 is 4.90 Å². The molecule has 2 aromatic rings. The van der Waals surface area contributed by atoms with Crippen molar-refractivity contribution >= 4 is 17.2 Å². The van der Waals surface area contributed by atoms with Crippen LogP contribution in [0.2, 0.25) is 0 Å². The van der Waals surface area contributed by atoms with E-state index in [2.05, 4.69) is 32.2 Å². The van der Waals surface area contributed by atoms with E-state index in [9.17, 15) is 0 Å². The molecule has 0 bridgehead atoms. The molecule has 0 radical (unpaired) electrons. The Bertz CT molecular complexity index is 536. The van der Waals surface area contributed by atoms with E-state index in [4.69, 9.17) is 0 Å². The second kappa shape index (κ2) is 5.44. The van der Waals surface area contributed by atoms with Crippen molar-refractivity contribution in [2.75, 3.05) is 11.9 Å². The molecule has 2 heterocycles. The van der Waals surface area contributed by atoms with Gasteiger partial charge in [-0.3, -0.25) is 0 Å². The van der Waals surface area contributed by atoms with Crippen molar-refractivity contribution in [3.63, 3.8) is 0 Å². The Morgan fingerprint density at radius 3 is 2.61 bits per heavy atom. The summed E-state index contributed by atoms with van der Waals surface area (Å²) in [5.41, 5.74) is 2.16. The van der Waals surface area contributed by atoms with Gasteiger partial charge in [-0.2, -0.15) is 0 Å². The third-order valence-corrected chi connectivity index (χ3v) is 3.62. The van der Waals surface area contributed by atoms with E-state index in [0.29, 0.717) is 0 Å². The first-order chi connectivity index (χ1) is 8.58. The van der Waals surface area contributed by atoms with Gasteiger partial charge in [0.1, 0.15) is 16.6 Å². The van der Waals surface area contributed by atoms with Crippen LogP contribution in [0.1, 0.15) is 29.1 Å². The summed E-state index contributed by atoms with van der Waals surface area (Å²) in [7, 11) is 2.04. The molecule has 5 heteroatoms. The van der Waals surface area contributed by atoms with E-state index >= 15 is 0 Å². The molecule has 96 valence electrons. The number of hydrogen-bond donors (Lipinski definition) is 0. The molecule has 0 aliphatic heterocycles. The Labute approximate surface area is 112 Å². The normalized spacial score (nSPS) is 10.7. The third-order valence-electron chi connectivity index (χ3n) is 2.67. The molecule has 0 amide bonds. The molecule has 2 rings (SSSR count). The lowest BCUT2D eigenvalue weighted by molar-refractivity contribution is 0.853. The van der Waals surface area contributed by atoms with Gasteiger partial charge in [-0.25, -0.2) is 15.0 Å². The largest absolute Gasteiger partial charge is 0.353 e. The van der Waals surface area contributed by atoms with Gasteiger partial charge in [0.25, 0.3) is 0 Å². The van der Waals surface area contributed by atoms with Crippen molar-refractivity contribution in [1.29, 1.82) is 0 Å². The second-order valence-electron chi connectivity index (χ2n) is 4.36. The molecule has 4 nitrogen and oxygen atoms in total. The Kier molecular flexibility index (Phi) is 3.91. The Morgan fingerprint density at radius 2 is 2.00 bits per heavy atom. The summed E-state index contributed by atoms with van der Waals surface area (Å²) in [6.07, 6.45) is 0.931. The summed E-state index contributed by atoms with van der Waals surface area (Å²) < 4.78 is 0. The van der Waals surface area contributed by atoms with Gasteiger partial charge in [0.2, 0.25) is 0 Å². The first-order valence-electron chi connectivity index (χ1n) is 6.05. The predicted octanol–water partition coefficient (Wildman–Crippen LogP) is 2.75. The standard InChI is InChI=1S/C13H18N4S/c1-5-11-6-12(16-10(3)15-11)17(4)7-13-14-9(2)8-18-13/h6,8H,5,7H2,1-4H3. The van der Waals surface area contributed by atoms with Crippen LogP contribution in [0.4, 0.5) is 5.82 Å². The minimum absolute atomic E-state index is 0.790. The number of aryl methyl sites for hydroxylation is 3. The number of hydrogen-bond acceptors (Lipinski definition) is 5. The lowest BCUT2D eigenvalue weighted by atomic mass is 10.3. The minimum Gasteiger partial charge on any atom is -0.353 e. The van der Waals surface area contributed by atoms with Crippen LogP contribution in [0, 0.1) is 13.8 Å². The number of aromatic nitrogens is 3. The van der Waals surface area contributed by atoms with Crippen LogP contribution in [-0.4, -0.2) is 22.0 Å². The van der Waals surface area contributed by atoms with Crippen molar-refractivity contribution in [3.05, 3.63) is 33.7 Å². The molecule has 0 fully saturated rings. The molecule has 0 N–H and O–H groups in total. The summed E-state index contributed by atoms with van der Waals surface area (Å²) in [4.78, 5) is 15.5. The average Bonchev–Trinajstić information content (AvgIpc) is 2.73. The lowest BCUT2D eigenvalue weighted by Gasteiger charge is -2.17. The van der Waals surface area contributed by atoms with Gasteiger partial charge in [0.05, 0.1) is 6.54 Å². The Hall–Kier alpha value is -1.49. The molecule has 0 aliphatic carbocycles. The fourth-order valence-electron chi connectivity index (χ4n) is 1.75. The van der Waals surface area contributed by atoms with Crippen LogP contribution < -0.4 is 4.90 Å². The summed E-state index contributed by atoms with van der Waals surface area (Å²) in [5.74, 6) is 1.79. The highest BCUT2D eigenvalue weighted by molar-refractivity contribution is 7.09. The monoisotopic (exact) mass is 262 g/mol. The molecular formula is C13H18N4S. The van der Waals surface area contributed by atoms with Crippen molar-refractivity contribution in [1.82, 2.24) is 15.0 Å². The van der Waals surface area contributed by atoms with Gasteiger partial charge in [-0.05, 0) is 20.3 Å². The zero-order valence-electron chi connectivity index (χ0n) is 11.3. The number of nitrogens with zero attached hydrogens (tertiary/aromatic N) is 4. The van der Waals surface area contributed by atoms with E-state index in [0.717, 1.165) is 41.0 Å². The van der Waals surface area contributed by atoms with Crippen LogP contribution in [0.25, 0.3) is 0 Å². The minimum atomic E-state index is 0.790. The number of rotatable bonds is 4. The highest BCUT2D eigenvalue weighted by Gasteiger charge is 2.08. The van der Waals surface area contributed by atoms with Crippen LogP contribution in [0.3, 0.4) is 0 Å². The highest BCUT2D eigenvalue weighted by atomic mass is 32.1. The van der Waals surface area contributed by atoms with E-state index in [1.54, 1.807) is 11.3 Å². The van der Waals surface area contributed by atoms with Crippen molar-refractivity contribution < 1.29 is 0 Å². The van der Waals surface area contributed by atoms with Crippen molar-refractivity contribution in [2.24, 2.45) is 0 Å². The predicted molar refractivity (Wildman–Crippen MR) is 75.1 cm³/mol. The molecule has 0 saturated heterocycles. The highest BCUT2D eigenvalue weighted by Crippen LogP contribution is 2.17. The Balaban J connectivity index is 2.17. The molecule has 0 aliphatic rings. The number of thiazole rings is 1. The molecule has 0 spiro atoms. The third kappa shape index (κ3) is 3.04. The lowest BCUT2D eigenvalue weighted by Crippen LogP contribution is -2.18. The van der Waals surface area contributed by atoms with Crippen LogP contribution in [-0.2, 0) is 13.0 Å². The fraction of sp³-hybridized carbons (Fsp3) is 0.462.